The molecule has 9 rings (SSSR count). The molecule has 62 heavy (non-hydrogen) atoms. The maximum absolute atomic E-state index is 14.0. The van der Waals surface area contributed by atoms with Crippen LogP contribution in [-0.2, 0) is 19.2 Å². The summed E-state index contributed by atoms with van der Waals surface area (Å²) in [5.74, 6) is 0.201. The van der Waals surface area contributed by atoms with Gasteiger partial charge in [0.15, 0.2) is 0 Å². The van der Waals surface area contributed by atoms with Crippen LogP contribution in [0.3, 0.4) is 0 Å². The van der Waals surface area contributed by atoms with Gasteiger partial charge >= 0.3 is 0 Å². The topological polar surface area (TPSA) is 176 Å². The number of thiophene rings is 2. The smallest absolute Gasteiger partial charge is 0.250 e. The van der Waals surface area contributed by atoms with Crippen molar-refractivity contribution in [1.29, 1.82) is 0 Å². The molecule has 4 amide bonds. The molecule has 7 aromatic rings. The molecule has 0 spiro atoms. The minimum Gasteiger partial charge on any atom is -0.387 e. The van der Waals surface area contributed by atoms with Gasteiger partial charge in [0.2, 0.25) is 23.6 Å². The quantitative estimate of drug-likeness (QED) is 0.0829. The Morgan fingerprint density at radius 2 is 1.42 bits per heavy atom. The number of aromatic amines is 2. The van der Waals surface area contributed by atoms with Gasteiger partial charge in [0.05, 0.1) is 44.4 Å². The second-order valence-electron chi connectivity index (χ2n) is 16.4. The van der Waals surface area contributed by atoms with Crippen LogP contribution >= 0.6 is 22.7 Å². The number of aliphatic hydroxyl groups excluding tert-OH is 1. The monoisotopic (exact) mass is 868 g/mol. The fourth-order valence-corrected chi connectivity index (χ4v) is 11.4. The minimum atomic E-state index is -0.765. The zero-order chi connectivity index (χ0) is 43.1. The molecule has 2 aliphatic heterocycles. The van der Waals surface area contributed by atoms with Gasteiger partial charge in [-0.1, -0.05) is 74.5 Å². The first-order valence-corrected chi connectivity index (χ1v) is 22.8. The van der Waals surface area contributed by atoms with Crippen LogP contribution in [0, 0.1) is 5.92 Å². The lowest BCUT2D eigenvalue weighted by Crippen LogP contribution is -2.51. The molecule has 0 aliphatic carbocycles. The summed E-state index contributed by atoms with van der Waals surface area (Å²) in [5, 5.41) is 19.2. The third-order valence-corrected chi connectivity index (χ3v) is 14.2. The van der Waals surface area contributed by atoms with Crippen LogP contribution in [0.5, 0.6) is 0 Å². The third-order valence-electron chi connectivity index (χ3n) is 12.0. The van der Waals surface area contributed by atoms with E-state index in [9.17, 15) is 24.3 Å². The molecule has 15 heteroatoms. The van der Waals surface area contributed by atoms with Crippen LogP contribution in [0.4, 0.5) is 0 Å². The van der Waals surface area contributed by atoms with Crippen LogP contribution in [0.2, 0.25) is 0 Å². The fraction of sp³-hybridized carbons (Fsp3) is 0.319. The van der Waals surface area contributed by atoms with Crippen LogP contribution in [0.25, 0.3) is 53.9 Å². The summed E-state index contributed by atoms with van der Waals surface area (Å²) in [5.41, 5.74) is 8.86. The van der Waals surface area contributed by atoms with E-state index in [4.69, 9.17) is 9.97 Å². The number of nitrogens with zero attached hydrogens (tertiary/aromatic N) is 4. The van der Waals surface area contributed by atoms with Crippen molar-refractivity contribution in [3.8, 4) is 33.5 Å². The van der Waals surface area contributed by atoms with Crippen molar-refractivity contribution < 1.29 is 24.3 Å². The maximum Gasteiger partial charge on any atom is 0.250 e. The number of fused-ring (bicyclic) bond motifs is 2. The number of hydrogen-bond acceptors (Lipinski definition) is 9. The van der Waals surface area contributed by atoms with Crippen molar-refractivity contribution in [2.75, 3.05) is 19.7 Å². The third kappa shape index (κ3) is 7.91. The molecule has 0 bridgehead atoms. The van der Waals surface area contributed by atoms with Gasteiger partial charge < -0.3 is 35.5 Å². The average Bonchev–Trinajstić information content (AvgIpc) is 4.14. The molecule has 2 fully saturated rings. The van der Waals surface area contributed by atoms with E-state index in [1.54, 1.807) is 27.6 Å². The van der Waals surface area contributed by atoms with E-state index >= 15 is 0 Å². The molecule has 318 valence electrons. The Balaban J connectivity index is 0.909. The maximum atomic E-state index is 14.0. The summed E-state index contributed by atoms with van der Waals surface area (Å²) >= 11 is 3.46. The van der Waals surface area contributed by atoms with Gasteiger partial charge in [-0.05, 0) is 66.0 Å². The highest BCUT2D eigenvalue weighted by atomic mass is 32.1. The van der Waals surface area contributed by atoms with Gasteiger partial charge in [0.1, 0.15) is 30.3 Å². The number of carbonyl (C=O) groups excluding carboxylic acids is 4. The van der Waals surface area contributed by atoms with E-state index in [-0.39, 0.29) is 35.7 Å². The Labute approximate surface area is 366 Å². The summed E-state index contributed by atoms with van der Waals surface area (Å²) in [6.45, 7) is 5.70. The number of H-pyrrole nitrogens is 2. The van der Waals surface area contributed by atoms with Gasteiger partial charge in [0.25, 0.3) is 0 Å². The number of hydrogen-bond donors (Lipinski definition) is 5. The van der Waals surface area contributed by atoms with Gasteiger partial charge in [-0.15, -0.1) is 22.7 Å². The molecule has 4 atom stereocenters. The highest BCUT2D eigenvalue weighted by Gasteiger charge is 2.38. The average molecular weight is 869 g/mol. The lowest BCUT2D eigenvalue weighted by molar-refractivity contribution is -0.139. The molecule has 2 unspecified atom stereocenters. The molecule has 6 heterocycles. The molecule has 3 aromatic carbocycles. The summed E-state index contributed by atoms with van der Waals surface area (Å²) in [4.78, 5) is 72.1. The number of aliphatic hydroxyl groups is 1. The highest BCUT2D eigenvalue weighted by Crippen LogP contribution is 2.45. The molecular formula is C47H48N8O5S2. The lowest BCUT2D eigenvalue weighted by atomic mass is 10.0. The van der Waals surface area contributed by atoms with E-state index in [2.05, 4.69) is 73.8 Å². The van der Waals surface area contributed by atoms with Crippen molar-refractivity contribution in [3.63, 3.8) is 0 Å². The molecule has 4 aromatic heterocycles. The summed E-state index contributed by atoms with van der Waals surface area (Å²) in [6.07, 6.45) is 5.04. The predicted molar refractivity (Wildman–Crippen MR) is 242 cm³/mol. The molecular weight excluding hydrogens is 821 g/mol. The lowest BCUT2D eigenvalue weighted by Gasteiger charge is -2.30. The molecule has 13 nitrogen and oxygen atoms in total. The van der Waals surface area contributed by atoms with Crippen molar-refractivity contribution in [2.45, 2.75) is 70.6 Å². The van der Waals surface area contributed by atoms with Crippen LogP contribution in [-0.4, -0.2) is 84.2 Å². The first-order valence-electron chi connectivity index (χ1n) is 21.1. The number of rotatable bonds is 12. The Morgan fingerprint density at radius 1 is 0.790 bits per heavy atom. The van der Waals surface area contributed by atoms with E-state index in [0.717, 1.165) is 76.1 Å². The zero-order valence-electron chi connectivity index (χ0n) is 34.7. The Hall–Kier alpha value is -6.16. The number of imidazole rings is 2. The van der Waals surface area contributed by atoms with Crippen molar-refractivity contribution in [2.24, 2.45) is 5.92 Å². The predicted octanol–water partition coefficient (Wildman–Crippen LogP) is 7.90. The SMILES string of the molecule is CC(=O)N[C@@H](C(=O)N1CCCC1c1nc2cc(-c3csc4c(-c5ccc(-c6cnc(C7CCCN7C(=O)[C@@H](NC(=O)CO)C(C)C)[nH]6)cc5)csc34)ccc2[nH]1)c1ccccc1. The number of nitrogens with one attached hydrogen (secondary N) is 4. The Bertz CT molecular complexity index is 2770. The van der Waals surface area contributed by atoms with Crippen molar-refractivity contribution in [3.05, 3.63) is 107 Å². The Kier molecular flexibility index (Phi) is 11.5. The van der Waals surface area contributed by atoms with E-state index in [1.807, 2.05) is 55.3 Å². The summed E-state index contributed by atoms with van der Waals surface area (Å²) in [7, 11) is 0. The first-order chi connectivity index (χ1) is 30.1. The molecule has 2 aliphatic rings. The molecule has 5 N–H and O–H groups in total. The second-order valence-corrected chi connectivity index (χ2v) is 18.2. The number of amides is 4. The highest BCUT2D eigenvalue weighted by molar-refractivity contribution is 7.27. The largest absolute Gasteiger partial charge is 0.387 e. The van der Waals surface area contributed by atoms with E-state index in [0.29, 0.717) is 18.9 Å². The molecule has 0 saturated carbocycles. The number of carbonyl (C=O) groups is 4. The van der Waals surface area contributed by atoms with E-state index in [1.165, 1.54) is 21.9 Å². The van der Waals surface area contributed by atoms with Crippen molar-refractivity contribution >= 4 is 66.7 Å². The van der Waals surface area contributed by atoms with Gasteiger partial charge in [-0.25, -0.2) is 9.97 Å². The standard InChI is InChI=1S/C47H48N8O5S2/c1-26(2)40(53-39(58)23-56)46(59)54-19-7-11-37(54)44-48-22-36(52-44)29-15-13-28(14-16-29)32-24-61-43-33(25-62-42(32)43)31-17-18-34-35(21-31)51-45(50-34)38-12-8-20-55(38)47(60)41(49-27(3)57)30-9-5-4-6-10-30/h4-6,9-10,13-18,21-22,24-26,37-38,40-41,56H,7-8,11-12,19-20,23H2,1-3H3,(H,48,52)(H,49,57)(H,50,51)(H,53,58)/t37?,38?,40-,41+/m0/s1. The van der Waals surface area contributed by atoms with Gasteiger partial charge in [0, 0.05) is 41.9 Å². The van der Waals surface area contributed by atoms with Crippen LogP contribution in [0.1, 0.15) is 81.8 Å². The van der Waals surface area contributed by atoms with Crippen molar-refractivity contribution in [1.82, 2.24) is 40.4 Å². The second kappa shape index (κ2) is 17.3. The van der Waals surface area contributed by atoms with Crippen LogP contribution in [0.15, 0.2) is 89.8 Å². The Morgan fingerprint density at radius 3 is 2.08 bits per heavy atom. The summed E-state index contributed by atoms with van der Waals surface area (Å²) < 4.78 is 2.43. The van der Waals surface area contributed by atoms with Gasteiger partial charge in [-0.3, -0.25) is 19.2 Å². The molecule has 2 saturated heterocycles. The number of likely N-dealkylation sites (tertiary alicyclic amines) is 2. The number of aromatic nitrogens is 4. The number of benzene rings is 3. The first kappa shape index (κ1) is 41.2. The van der Waals surface area contributed by atoms with Crippen LogP contribution < -0.4 is 10.6 Å². The normalized spacial score (nSPS) is 17.6. The fourth-order valence-electron chi connectivity index (χ4n) is 8.90. The van der Waals surface area contributed by atoms with E-state index < -0.39 is 24.6 Å². The molecule has 0 radical (unpaired) electrons. The van der Waals surface area contributed by atoms with Gasteiger partial charge in [-0.2, -0.15) is 0 Å². The zero-order valence-corrected chi connectivity index (χ0v) is 36.3. The minimum absolute atomic E-state index is 0.136. The summed E-state index contributed by atoms with van der Waals surface area (Å²) in [6, 6.07) is 22.2.